The summed E-state index contributed by atoms with van der Waals surface area (Å²) in [7, 11) is 2.25. The Bertz CT molecular complexity index is 654. The molecule has 1 rings (SSSR count). The molecule has 4 atom stereocenters. The Balaban J connectivity index is 3.10. The van der Waals surface area contributed by atoms with Gasteiger partial charge < -0.3 is 5.32 Å². The fourth-order valence-corrected chi connectivity index (χ4v) is 5.03. The van der Waals surface area contributed by atoms with Crippen LogP contribution in [0.3, 0.4) is 0 Å². The van der Waals surface area contributed by atoms with E-state index >= 15 is 0 Å². The van der Waals surface area contributed by atoms with E-state index in [2.05, 4.69) is 124 Å². The first-order valence-corrected chi connectivity index (χ1v) is 12.8. The number of likely N-dealkylation sites (N-methyl/N-ethyl adjacent to an activating group) is 1. The number of hydrogen-bond acceptors (Lipinski definition) is 2. The van der Waals surface area contributed by atoms with Crippen LogP contribution in [0.1, 0.15) is 67.2 Å². The lowest BCUT2D eigenvalue weighted by atomic mass is 9.81. The molecule has 0 saturated heterocycles. The minimum Gasteiger partial charge on any atom is -0.307 e. The predicted octanol–water partition coefficient (Wildman–Crippen LogP) is 7.09. The number of nitrogens with zero attached hydrogens (tertiary/aromatic N) is 1. The molecule has 0 aromatic rings. The van der Waals surface area contributed by atoms with E-state index in [-0.39, 0.29) is 3.42 Å². The van der Waals surface area contributed by atoms with Crippen LogP contribution in [-0.4, -0.2) is 40.5 Å². The average Bonchev–Trinajstić information content (AvgIpc) is 2.96. The molecule has 170 valence electrons. The van der Waals surface area contributed by atoms with Gasteiger partial charge in [-0.2, -0.15) is 0 Å². The van der Waals surface area contributed by atoms with Gasteiger partial charge >= 0.3 is 0 Å². The average molecular weight is 525 g/mol. The first-order valence-electron chi connectivity index (χ1n) is 11.7. The second-order valence-corrected chi connectivity index (χ2v) is 11.5. The van der Waals surface area contributed by atoms with Crippen LogP contribution < -0.4 is 5.32 Å². The zero-order valence-corrected chi connectivity index (χ0v) is 22.6. The Hall–Kier alpha value is -0.610. The largest absolute Gasteiger partial charge is 0.307 e. The molecule has 2 nitrogen and oxygen atoms in total. The van der Waals surface area contributed by atoms with Crippen molar-refractivity contribution in [3.63, 3.8) is 0 Å². The SMILES string of the molecule is C=C=C(C)C(C)N(C)CC(I)(CCC(C)C)[C@H](C)C1=CC(NCCCC)C=CC=C1. The lowest BCUT2D eigenvalue weighted by molar-refractivity contribution is 0.231. The van der Waals surface area contributed by atoms with Gasteiger partial charge in [-0.05, 0) is 69.7 Å². The molecule has 1 aliphatic rings. The molecule has 0 saturated carbocycles. The highest BCUT2D eigenvalue weighted by Gasteiger charge is 2.37. The highest BCUT2D eigenvalue weighted by molar-refractivity contribution is 14.1. The van der Waals surface area contributed by atoms with Gasteiger partial charge in [0.1, 0.15) is 0 Å². The Morgan fingerprint density at radius 2 is 2.00 bits per heavy atom. The van der Waals surface area contributed by atoms with E-state index in [9.17, 15) is 0 Å². The third-order valence-corrected chi connectivity index (χ3v) is 8.31. The molecule has 0 aliphatic heterocycles. The molecular formula is C27H45IN2. The van der Waals surface area contributed by atoms with Crippen molar-refractivity contribution in [3.05, 3.63) is 53.8 Å². The lowest BCUT2D eigenvalue weighted by Crippen LogP contribution is -2.45. The van der Waals surface area contributed by atoms with Crippen LogP contribution in [0.4, 0.5) is 0 Å². The van der Waals surface area contributed by atoms with Crippen LogP contribution in [0, 0.1) is 11.8 Å². The van der Waals surface area contributed by atoms with E-state index in [1.54, 1.807) is 0 Å². The highest BCUT2D eigenvalue weighted by Crippen LogP contribution is 2.40. The van der Waals surface area contributed by atoms with Crippen LogP contribution in [0.2, 0.25) is 0 Å². The van der Waals surface area contributed by atoms with Crippen molar-refractivity contribution in [2.24, 2.45) is 11.8 Å². The lowest BCUT2D eigenvalue weighted by Gasteiger charge is -2.40. The molecule has 0 radical (unpaired) electrons. The van der Waals surface area contributed by atoms with Crippen LogP contribution in [0.5, 0.6) is 0 Å². The second kappa shape index (κ2) is 13.7. The molecule has 1 aliphatic carbocycles. The van der Waals surface area contributed by atoms with Gasteiger partial charge in [0.15, 0.2) is 0 Å². The number of nitrogens with one attached hydrogen (secondary N) is 1. The van der Waals surface area contributed by atoms with Crippen molar-refractivity contribution in [1.82, 2.24) is 10.2 Å². The van der Waals surface area contributed by atoms with Crippen LogP contribution in [-0.2, 0) is 0 Å². The molecule has 30 heavy (non-hydrogen) atoms. The Kier molecular flexibility index (Phi) is 12.5. The van der Waals surface area contributed by atoms with E-state index in [4.69, 9.17) is 0 Å². The summed E-state index contributed by atoms with van der Waals surface area (Å²) in [6.45, 7) is 19.7. The zero-order chi connectivity index (χ0) is 22.7. The van der Waals surface area contributed by atoms with Gasteiger partial charge in [0.05, 0.1) is 0 Å². The van der Waals surface area contributed by atoms with Gasteiger partial charge in [-0.15, -0.1) is 5.73 Å². The van der Waals surface area contributed by atoms with Gasteiger partial charge in [-0.3, -0.25) is 4.90 Å². The third-order valence-electron chi connectivity index (χ3n) is 6.49. The summed E-state index contributed by atoms with van der Waals surface area (Å²) in [5.41, 5.74) is 5.76. The molecule has 0 aromatic carbocycles. The fourth-order valence-electron chi connectivity index (χ4n) is 3.82. The second-order valence-electron chi connectivity index (χ2n) is 9.38. The van der Waals surface area contributed by atoms with Crippen molar-refractivity contribution in [2.75, 3.05) is 20.1 Å². The molecule has 3 unspecified atom stereocenters. The van der Waals surface area contributed by atoms with E-state index < -0.39 is 0 Å². The molecule has 0 spiro atoms. The van der Waals surface area contributed by atoms with Crippen molar-refractivity contribution >= 4 is 22.6 Å². The summed E-state index contributed by atoms with van der Waals surface area (Å²) in [6, 6.07) is 0.670. The standard InChI is InChI=1S/C27H45IN2/c1-9-11-18-29-26-15-13-12-14-25(19-26)23(6)27(28,17-16-21(3)4)20-30(8)24(7)22(5)10-2/h12-15,19,21,23-24,26,29H,2,9,11,16-18,20H2,1,3-8H3/t23-,24?,26?,27?/m1/s1. The molecule has 1 N–H and O–H groups in total. The Morgan fingerprint density at radius 3 is 2.60 bits per heavy atom. The van der Waals surface area contributed by atoms with Crippen molar-refractivity contribution < 1.29 is 0 Å². The van der Waals surface area contributed by atoms with Crippen molar-refractivity contribution in [3.8, 4) is 0 Å². The number of hydrogen-bond donors (Lipinski definition) is 1. The van der Waals surface area contributed by atoms with E-state index in [1.165, 1.54) is 36.8 Å². The van der Waals surface area contributed by atoms with Gasteiger partial charge in [-0.25, -0.2) is 0 Å². The maximum atomic E-state index is 3.86. The Labute approximate surface area is 200 Å². The van der Waals surface area contributed by atoms with E-state index in [0.29, 0.717) is 23.9 Å². The van der Waals surface area contributed by atoms with Crippen LogP contribution in [0.25, 0.3) is 0 Å². The number of halogens is 1. The molecule has 0 bridgehead atoms. The first-order chi connectivity index (χ1) is 14.1. The summed E-state index contributed by atoms with van der Waals surface area (Å²) in [6.07, 6.45) is 16.4. The van der Waals surface area contributed by atoms with Gasteiger partial charge in [0.25, 0.3) is 0 Å². The zero-order valence-electron chi connectivity index (χ0n) is 20.5. The highest BCUT2D eigenvalue weighted by atomic mass is 127. The fraction of sp³-hybridized carbons (Fsp3) is 0.667. The minimum atomic E-state index is 0.168. The van der Waals surface area contributed by atoms with E-state index in [0.717, 1.165) is 13.1 Å². The van der Waals surface area contributed by atoms with Gasteiger partial charge in [0, 0.05) is 22.1 Å². The van der Waals surface area contributed by atoms with Crippen LogP contribution >= 0.6 is 22.6 Å². The number of rotatable bonds is 13. The first kappa shape index (κ1) is 27.4. The van der Waals surface area contributed by atoms with E-state index in [1.807, 2.05) is 0 Å². The molecule has 0 amide bonds. The Morgan fingerprint density at radius 1 is 1.30 bits per heavy atom. The summed E-state index contributed by atoms with van der Waals surface area (Å²) in [5.74, 6) is 1.18. The number of alkyl halides is 1. The molecule has 3 heteroatoms. The van der Waals surface area contributed by atoms with Crippen molar-refractivity contribution in [2.45, 2.75) is 82.7 Å². The summed E-state index contributed by atoms with van der Waals surface area (Å²) in [5, 5.41) is 3.70. The summed E-state index contributed by atoms with van der Waals surface area (Å²) in [4.78, 5) is 2.48. The number of allylic oxidation sites excluding steroid dienone is 4. The number of unbranched alkanes of at least 4 members (excludes halogenated alkanes) is 1. The van der Waals surface area contributed by atoms with Crippen molar-refractivity contribution in [1.29, 1.82) is 0 Å². The van der Waals surface area contributed by atoms with Crippen LogP contribution in [0.15, 0.2) is 53.8 Å². The third kappa shape index (κ3) is 8.86. The maximum Gasteiger partial charge on any atom is 0.0444 e. The molecule has 0 aromatic heterocycles. The maximum absolute atomic E-state index is 3.86. The minimum absolute atomic E-state index is 0.168. The summed E-state index contributed by atoms with van der Waals surface area (Å²) >= 11 is 2.77. The van der Waals surface area contributed by atoms with Gasteiger partial charge in [-0.1, -0.05) is 93.7 Å². The predicted molar refractivity (Wildman–Crippen MR) is 143 cm³/mol. The molecular weight excluding hydrogens is 479 g/mol. The smallest absolute Gasteiger partial charge is 0.0444 e. The molecule has 0 fully saturated rings. The summed E-state index contributed by atoms with van der Waals surface area (Å²) < 4.78 is 0.168. The molecule has 0 heterocycles. The quantitative estimate of drug-likeness (QED) is 0.120. The van der Waals surface area contributed by atoms with Gasteiger partial charge in [0.2, 0.25) is 0 Å². The topological polar surface area (TPSA) is 15.3 Å². The monoisotopic (exact) mass is 524 g/mol. The normalized spacial score (nSPS) is 20.5.